The van der Waals surface area contributed by atoms with E-state index >= 15 is 0 Å². The second kappa shape index (κ2) is 6.53. The smallest absolute Gasteiger partial charge is 0.115 e. The van der Waals surface area contributed by atoms with E-state index in [4.69, 9.17) is 4.74 Å². The summed E-state index contributed by atoms with van der Waals surface area (Å²) >= 11 is 0. The second-order valence-corrected chi connectivity index (χ2v) is 6.91. The molecule has 2 aromatic rings. The minimum absolute atomic E-state index is 0.0896. The van der Waals surface area contributed by atoms with Crippen LogP contribution in [0.5, 0.6) is 5.75 Å². The Kier molecular flexibility index (Phi) is 4.92. The zero-order valence-corrected chi connectivity index (χ0v) is 14.0. The Morgan fingerprint density at radius 2 is 1.41 bits per heavy atom. The standard InChI is InChI=1S/C20H26O2/c1-19(2,16-8-6-5-7-9-16)14-15-22-20(3,4)17-10-12-18(21)13-11-17/h5-13,21H,14-15H2,1-4H3. The lowest BCUT2D eigenvalue weighted by Gasteiger charge is -2.30. The third-order valence-electron chi connectivity index (χ3n) is 4.31. The van der Waals surface area contributed by atoms with Gasteiger partial charge in [0.05, 0.1) is 5.60 Å². The Hall–Kier alpha value is -1.80. The van der Waals surface area contributed by atoms with Crippen molar-refractivity contribution in [2.45, 2.75) is 45.1 Å². The molecule has 0 aliphatic carbocycles. The molecular weight excluding hydrogens is 272 g/mol. The molecule has 0 aromatic heterocycles. The van der Waals surface area contributed by atoms with Crippen LogP contribution < -0.4 is 0 Å². The van der Waals surface area contributed by atoms with E-state index in [1.807, 2.05) is 18.2 Å². The van der Waals surface area contributed by atoms with Crippen LogP contribution in [0.3, 0.4) is 0 Å². The molecule has 0 bridgehead atoms. The molecule has 0 atom stereocenters. The molecule has 118 valence electrons. The van der Waals surface area contributed by atoms with E-state index in [1.165, 1.54) is 5.56 Å². The largest absolute Gasteiger partial charge is 0.508 e. The van der Waals surface area contributed by atoms with Gasteiger partial charge in [0.25, 0.3) is 0 Å². The average Bonchev–Trinajstić information content (AvgIpc) is 2.48. The summed E-state index contributed by atoms with van der Waals surface area (Å²) in [5.41, 5.74) is 2.14. The van der Waals surface area contributed by atoms with E-state index in [0.29, 0.717) is 6.61 Å². The van der Waals surface area contributed by atoms with E-state index < -0.39 is 0 Å². The number of hydrogen-bond acceptors (Lipinski definition) is 2. The molecule has 0 saturated carbocycles. The molecule has 2 heteroatoms. The van der Waals surface area contributed by atoms with Crippen LogP contribution in [0.25, 0.3) is 0 Å². The predicted molar refractivity (Wildman–Crippen MR) is 91.2 cm³/mol. The van der Waals surface area contributed by atoms with Crippen molar-refractivity contribution in [1.82, 2.24) is 0 Å². The van der Waals surface area contributed by atoms with Crippen LogP contribution in [-0.4, -0.2) is 11.7 Å². The highest BCUT2D eigenvalue weighted by Crippen LogP contribution is 2.30. The maximum Gasteiger partial charge on any atom is 0.115 e. The van der Waals surface area contributed by atoms with Crippen LogP contribution in [0.4, 0.5) is 0 Å². The first-order valence-electron chi connectivity index (χ1n) is 7.80. The normalized spacial score (nSPS) is 12.4. The van der Waals surface area contributed by atoms with Crippen molar-refractivity contribution in [1.29, 1.82) is 0 Å². The van der Waals surface area contributed by atoms with Gasteiger partial charge in [0.15, 0.2) is 0 Å². The van der Waals surface area contributed by atoms with Gasteiger partial charge in [0, 0.05) is 6.61 Å². The Morgan fingerprint density at radius 3 is 2.00 bits per heavy atom. The van der Waals surface area contributed by atoms with Crippen molar-refractivity contribution in [3.8, 4) is 5.75 Å². The molecule has 0 radical (unpaired) electrons. The summed E-state index contributed by atoms with van der Waals surface area (Å²) in [5, 5.41) is 9.39. The summed E-state index contributed by atoms with van der Waals surface area (Å²) in [5.74, 6) is 0.282. The van der Waals surface area contributed by atoms with Crippen LogP contribution in [0.15, 0.2) is 54.6 Å². The van der Waals surface area contributed by atoms with Crippen LogP contribution in [0.1, 0.15) is 45.2 Å². The first-order chi connectivity index (χ1) is 10.3. The number of phenols is 1. The van der Waals surface area contributed by atoms with Crippen LogP contribution in [-0.2, 0) is 15.8 Å². The third-order valence-corrected chi connectivity index (χ3v) is 4.31. The Balaban J connectivity index is 1.96. The maximum absolute atomic E-state index is 9.39. The van der Waals surface area contributed by atoms with Gasteiger partial charge < -0.3 is 9.84 Å². The van der Waals surface area contributed by atoms with E-state index in [9.17, 15) is 5.11 Å². The monoisotopic (exact) mass is 298 g/mol. The van der Waals surface area contributed by atoms with Crippen LogP contribution >= 0.6 is 0 Å². The van der Waals surface area contributed by atoms with Gasteiger partial charge in [-0.25, -0.2) is 0 Å². The first-order valence-corrected chi connectivity index (χ1v) is 7.80. The van der Waals surface area contributed by atoms with Crippen molar-refractivity contribution in [3.63, 3.8) is 0 Å². The Labute approximate surface area is 133 Å². The number of ether oxygens (including phenoxy) is 1. The van der Waals surface area contributed by atoms with E-state index in [2.05, 4.69) is 52.0 Å². The van der Waals surface area contributed by atoms with Gasteiger partial charge in [-0.3, -0.25) is 0 Å². The molecular formula is C20H26O2. The molecule has 0 amide bonds. The van der Waals surface area contributed by atoms with Gasteiger partial charge in [-0.15, -0.1) is 0 Å². The first kappa shape index (κ1) is 16.6. The van der Waals surface area contributed by atoms with Crippen molar-refractivity contribution in [3.05, 3.63) is 65.7 Å². The van der Waals surface area contributed by atoms with Gasteiger partial charge in [0.1, 0.15) is 5.75 Å². The summed E-state index contributed by atoms with van der Waals surface area (Å²) in [7, 11) is 0. The Bertz CT molecular complexity index is 583. The highest BCUT2D eigenvalue weighted by atomic mass is 16.5. The predicted octanol–water partition coefficient (Wildman–Crippen LogP) is 5.01. The zero-order valence-electron chi connectivity index (χ0n) is 14.0. The summed E-state index contributed by atoms with van der Waals surface area (Å²) in [6.45, 7) is 9.32. The molecule has 2 aromatic carbocycles. The molecule has 1 N–H and O–H groups in total. The number of benzene rings is 2. The lowest BCUT2D eigenvalue weighted by atomic mass is 9.82. The van der Waals surface area contributed by atoms with Crippen molar-refractivity contribution in [2.75, 3.05) is 6.61 Å². The van der Waals surface area contributed by atoms with Crippen molar-refractivity contribution in [2.24, 2.45) is 0 Å². The van der Waals surface area contributed by atoms with Gasteiger partial charge in [-0.2, -0.15) is 0 Å². The summed E-state index contributed by atoms with van der Waals surface area (Å²) in [6.07, 6.45) is 0.957. The topological polar surface area (TPSA) is 29.5 Å². The number of hydrogen-bond donors (Lipinski definition) is 1. The Morgan fingerprint density at radius 1 is 0.818 bits per heavy atom. The van der Waals surface area contributed by atoms with Crippen molar-refractivity contribution < 1.29 is 9.84 Å². The minimum Gasteiger partial charge on any atom is -0.508 e. The molecule has 2 rings (SSSR count). The molecule has 0 spiro atoms. The summed E-state index contributed by atoms with van der Waals surface area (Å²) in [4.78, 5) is 0. The average molecular weight is 298 g/mol. The highest BCUT2D eigenvalue weighted by Gasteiger charge is 2.24. The summed E-state index contributed by atoms with van der Waals surface area (Å²) in [6, 6.07) is 17.8. The quantitative estimate of drug-likeness (QED) is 0.812. The zero-order chi connectivity index (χ0) is 16.2. The van der Waals surface area contributed by atoms with Gasteiger partial charge in [-0.05, 0) is 48.9 Å². The van der Waals surface area contributed by atoms with Crippen LogP contribution in [0.2, 0.25) is 0 Å². The molecule has 2 nitrogen and oxygen atoms in total. The number of rotatable bonds is 6. The SMILES string of the molecule is CC(C)(CCOC(C)(C)c1ccc(O)cc1)c1ccccc1. The molecule has 0 aliphatic heterocycles. The fourth-order valence-corrected chi connectivity index (χ4v) is 2.54. The van der Waals surface area contributed by atoms with Crippen molar-refractivity contribution >= 4 is 0 Å². The lowest BCUT2D eigenvalue weighted by molar-refractivity contribution is -0.0282. The third kappa shape index (κ3) is 4.11. The van der Waals surface area contributed by atoms with E-state index in [-0.39, 0.29) is 16.8 Å². The fraction of sp³-hybridized carbons (Fsp3) is 0.400. The fourth-order valence-electron chi connectivity index (χ4n) is 2.54. The van der Waals surface area contributed by atoms with E-state index in [0.717, 1.165) is 12.0 Å². The van der Waals surface area contributed by atoms with Gasteiger partial charge in [0.2, 0.25) is 0 Å². The number of phenolic OH excluding ortho intramolecular Hbond substituents is 1. The lowest BCUT2D eigenvalue weighted by Crippen LogP contribution is -2.26. The second-order valence-electron chi connectivity index (χ2n) is 6.91. The highest BCUT2D eigenvalue weighted by molar-refractivity contribution is 5.29. The molecule has 0 saturated heterocycles. The van der Waals surface area contributed by atoms with E-state index in [1.54, 1.807) is 12.1 Å². The molecule has 22 heavy (non-hydrogen) atoms. The molecule has 0 aliphatic rings. The van der Waals surface area contributed by atoms with Crippen LogP contribution in [0, 0.1) is 0 Å². The molecule has 0 fully saturated rings. The maximum atomic E-state index is 9.39. The minimum atomic E-state index is -0.361. The van der Waals surface area contributed by atoms with Gasteiger partial charge >= 0.3 is 0 Å². The molecule has 0 unspecified atom stereocenters. The summed E-state index contributed by atoms with van der Waals surface area (Å²) < 4.78 is 6.13. The van der Waals surface area contributed by atoms with Gasteiger partial charge in [-0.1, -0.05) is 56.3 Å². The molecule has 0 heterocycles. The number of aromatic hydroxyl groups is 1.